The fourth-order valence-electron chi connectivity index (χ4n) is 2.67. The van der Waals surface area contributed by atoms with Crippen molar-refractivity contribution >= 4 is 45.7 Å². The van der Waals surface area contributed by atoms with Gasteiger partial charge in [0.05, 0.1) is 13.0 Å². The van der Waals surface area contributed by atoms with Crippen molar-refractivity contribution < 1.29 is 14.3 Å². The van der Waals surface area contributed by atoms with Gasteiger partial charge in [-0.05, 0) is 30.7 Å². The highest BCUT2D eigenvalue weighted by Gasteiger charge is 2.35. The minimum absolute atomic E-state index is 0.0643. The number of nitrogens with one attached hydrogen (secondary N) is 1. The topological polar surface area (TPSA) is 84.4 Å². The third-order valence-corrected chi connectivity index (χ3v) is 6.58. The van der Waals surface area contributed by atoms with Crippen molar-refractivity contribution in [3.63, 3.8) is 0 Å². The summed E-state index contributed by atoms with van der Waals surface area (Å²) in [4.78, 5) is 26.5. The largest absolute Gasteiger partial charge is 0.497 e. The molecule has 0 unspecified atom stereocenters. The van der Waals surface area contributed by atoms with Crippen LogP contribution in [0.1, 0.15) is 26.7 Å². The van der Waals surface area contributed by atoms with Crippen LogP contribution in [0.15, 0.2) is 28.6 Å². The first-order chi connectivity index (χ1) is 13.0. The van der Waals surface area contributed by atoms with Gasteiger partial charge in [0.15, 0.2) is 4.34 Å². The summed E-state index contributed by atoms with van der Waals surface area (Å²) in [5, 5.41) is 11.9. The molecule has 2 atom stereocenters. The third-order valence-electron chi connectivity index (χ3n) is 4.39. The molecule has 0 bridgehead atoms. The summed E-state index contributed by atoms with van der Waals surface area (Å²) in [6, 6.07) is 7.24. The number of thioether (sulfide) groups is 1. The number of carbonyl (C=O) groups is 2. The van der Waals surface area contributed by atoms with E-state index in [2.05, 4.69) is 29.4 Å². The summed E-state index contributed by atoms with van der Waals surface area (Å²) < 4.78 is 5.97. The lowest BCUT2D eigenvalue weighted by atomic mass is 10.1. The zero-order valence-corrected chi connectivity index (χ0v) is 17.1. The van der Waals surface area contributed by atoms with Crippen LogP contribution >= 0.6 is 23.1 Å². The molecule has 2 aromatic rings. The maximum absolute atomic E-state index is 12.5. The molecule has 1 aliphatic rings. The minimum Gasteiger partial charge on any atom is -0.497 e. The molecule has 2 amide bonds. The van der Waals surface area contributed by atoms with Crippen LogP contribution < -0.4 is 15.0 Å². The van der Waals surface area contributed by atoms with Crippen molar-refractivity contribution in [3.05, 3.63) is 24.3 Å². The van der Waals surface area contributed by atoms with Gasteiger partial charge in [0.1, 0.15) is 5.75 Å². The Bertz CT molecular complexity index is 809. The van der Waals surface area contributed by atoms with Gasteiger partial charge in [-0.15, -0.1) is 10.2 Å². The Hall–Kier alpha value is -2.13. The molecule has 1 aromatic heterocycles. The molecule has 7 nitrogen and oxygen atoms in total. The lowest BCUT2D eigenvalue weighted by Gasteiger charge is -2.16. The van der Waals surface area contributed by atoms with Crippen LogP contribution in [0.4, 0.5) is 10.8 Å². The predicted octanol–water partition coefficient (Wildman–Crippen LogP) is 3.43. The number of benzene rings is 1. The molecule has 0 aliphatic carbocycles. The van der Waals surface area contributed by atoms with Gasteiger partial charge in [-0.25, -0.2) is 0 Å². The first kappa shape index (κ1) is 19.6. The van der Waals surface area contributed by atoms with Gasteiger partial charge in [-0.3, -0.25) is 9.59 Å². The van der Waals surface area contributed by atoms with E-state index in [1.165, 1.54) is 11.3 Å². The van der Waals surface area contributed by atoms with Gasteiger partial charge in [-0.2, -0.15) is 0 Å². The van der Waals surface area contributed by atoms with Gasteiger partial charge in [0.2, 0.25) is 16.9 Å². The van der Waals surface area contributed by atoms with Gasteiger partial charge in [0, 0.05) is 23.9 Å². The quantitative estimate of drug-likeness (QED) is 0.560. The maximum atomic E-state index is 12.5. The molecule has 0 radical (unpaired) electrons. The Morgan fingerprint density at radius 2 is 2.15 bits per heavy atom. The van der Waals surface area contributed by atoms with Gasteiger partial charge >= 0.3 is 0 Å². The zero-order chi connectivity index (χ0) is 19.4. The highest BCUT2D eigenvalue weighted by Crippen LogP contribution is 2.31. The Kier molecular flexibility index (Phi) is 6.33. The van der Waals surface area contributed by atoms with Crippen LogP contribution in [0.2, 0.25) is 0 Å². The van der Waals surface area contributed by atoms with Crippen LogP contribution in [-0.2, 0) is 9.59 Å². The number of carbonyl (C=O) groups excluding carboxylic acids is 2. The van der Waals surface area contributed by atoms with Gasteiger partial charge in [-0.1, -0.05) is 36.9 Å². The average molecular weight is 407 g/mol. The molecule has 0 spiro atoms. The smallest absolute Gasteiger partial charge is 0.231 e. The fourth-order valence-corrected chi connectivity index (χ4v) is 4.67. The fraction of sp³-hybridized carbons (Fsp3) is 0.444. The van der Waals surface area contributed by atoms with Crippen molar-refractivity contribution in [2.75, 3.05) is 23.9 Å². The van der Waals surface area contributed by atoms with Crippen LogP contribution in [0.25, 0.3) is 0 Å². The standard InChI is InChI=1S/C18H22N4O3S2/c1-4-11(2)26-18-21-20-17(27-18)19-16(24)12-9-15(23)22(10-12)13-5-7-14(25-3)8-6-13/h5-8,11-12H,4,9-10H2,1-3H3,(H,19,20,24)/t11-,12-/m0/s1. The lowest BCUT2D eigenvalue weighted by Crippen LogP contribution is -2.28. The van der Waals surface area contributed by atoms with Gasteiger partial charge < -0.3 is 15.0 Å². The van der Waals surface area contributed by atoms with Crippen molar-refractivity contribution in [2.24, 2.45) is 5.92 Å². The van der Waals surface area contributed by atoms with E-state index in [9.17, 15) is 9.59 Å². The molecule has 144 valence electrons. The lowest BCUT2D eigenvalue weighted by molar-refractivity contribution is -0.122. The number of hydrogen-bond donors (Lipinski definition) is 1. The summed E-state index contributed by atoms with van der Waals surface area (Å²) in [7, 11) is 1.59. The molecule has 27 heavy (non-hydrogen) atoms. The van der Waals surface area contributed by atoms with Crippen LogP contribution in [0.5, 0.6) is 5.75 Å². The summed E-state index contributed by atoms with van der Waals surface area (Å²) >= 11 is 3.01. The summed E-state index contributed by atoms with van der Waals surface area (Å²) in [5.74, 6) is 0.0531. The van der Waals surface area contributed by atoms with Crippen LogP contribution in [0, 0.1) is 5.92 Å². The molecule has 0 saturated carbocycles. The Morgan fingerprint density at radius 3 is 2.81 bits per heavy atom. The summed E-state index contributed by atoms with van der Waals surface area (Å²) in [6.45, 7) is 4.60. The number of hydrogen-bond acceptors (Lipinski definition) is 7. The van der Waals surface area contributed by atoms with E-state index in [4.69, 9.17) is 4.74 Å². The SMILES string of the molecule is CC[C@H](C)Sc1nnc(NC(=O)[C@H]2CC(=O)N(c3ccc(OC)cc3)C2)s1. The first-order valence-electron chi connectivity index (χ1n) is 8.75. The highest BCUT2D eigenvalue weighted by atomic mass is 32.2. The molecule has 1 saturated heterocycles. The van der Waals surface area contributed by atoms with Gasteiger partial charge in [0.25, 0.3) is 0 Å². The molecule has 1 fully saturated rings. The number of aromatic nitrogens is 2. The Balaban J connectivity index is 1.60. The molecular formula is C18H22N4O3S2. The monoisotopic (exact) mass is 406 g/mol. The molecule has 1 aromatic carbocycles. The highest BCUT2D eigenvalue weighted by molar-refractivity contribution is 8.01. The second kappa shape index (κ2) is 8.71. The van der Waals surface area contributed by atoms with Crippen molar-refractivity contribution in [1.29, 1.82) is 0 Å². The average Bonchev–Trinajstić information content (AvgIpc) is 3.28. The molecule has 1 N–H and O–H groups in total. The number of nitrogens with zero attached hydrogens (tertiary/aromatic N) is 3. The number of methoxy groups -OCH3 is 1. The summed E-state index contributed by atoms with van der Waals surface area (Å²) in [5.41, 5.74) is 0.763. The Morgan fingerprint density at radius 1 is 1.41 bits per heavy atom. The molecule has 1 aliphatic heterocycles. The van der Waals surface area contributed by atoms with Crippen LogP contribution in [0.3, 0.4) is 0 Å². The third kappa shape index (κ3) is 4.78. The second-order valence-corrected chi connectivity index (χ2v) is 8.97. The van der Waals surface area contributed by atoms with E-state index in [1.807, 2.05) is 12.1 Å². The van der Waals surface area contributed by atoms with E-state index >= 15 is 0 Å². The van der Waals surface area contributed by atoms with Crippen molar-refractivity contribution in [3.8, 4) is 5.75 Å². The Labute approximate surface area is 166 Å². The number of anilines is 2. The molecule has 2 heterocycles. The normalized spacial score (nSPS) is 17.8. The van der Waals surface area contributed by atoms with E-state index < -0.39 is 5.92 Å². The van der Waals surface area contributed by atoms with E-state index in [0.717, 1.165) is 22.2 Å². The van der Waals surface area contributed by atoms with Crippen LogP contribution in [-0.4, -0.2) is 40.9 Å². The number of amides is 2. The molecule has 3 rings (SSSR count). The summed E-state index contributed by atoms with van der Waals surface area (Å²) in [6.07, 6.45) is 1.22. The van der Waals surface area contributed by atoms with Crippen molar-refractivity contribution in [1.82, 2.24) is 10.2 Å². The van der Waals surface area contributed by atoms with E-state index in [0.29, 0.717) is 16.9 Å². The number of ether oxygens (including phenoxy) is 1. The first-order valence-corrected chi connectivity index (χ1v) is 10.4. The molecular weight excluding hydrogens is 384 g/mol. The number of rotatable bonds is 7. The van der Waals surface area contributed by atoms with E-state index in [1.54, 1.807) is 35.9 Å². The second-order valence-electron chi connectivity index (χ2n) is 6.30. The predicted molar refractivity (Wildman–Crippen MR) is 108 cm³/mol. The molecule has 9 heteroatoms. The maximum Gasteiger partial charge on any atom is 0.231 e. The zero-order valence-electron chi connectivity index (χ0n) is 15.5. The van der Waals surface area contributed by atoms with E-state index in [-0.39, 0.29) is 18.2 Å². The van der Waals surface area contributed by atoms with Crippen molar-refractivity contribution in [2.45, 2.75) is 36.3 Å². The minimum atomic E-state index is -0.408.